The van der Waals surface area contributed by atoms with Gasteiger partial charge < -0.3 is 15.1 Å². The summed E-state index contributed by atoms with van der Waals surface area (Å²) in [5.41, 5.74) is 0.878. The van der Waals surface area contributed by atoms with Gasteiger partial charge in [-0.2, -0.15) is 0 Å². The molecule has 0 atom stereocenters. The number of phenolic OH excluding ortho intramolecular Hbond substituents is 1. The molecule has 0 aliphatic heterocycles. The number of phenols is 1. The second-order valence-electron chi connectivity index (χ2n) is 3.57. The number of nitrogens with zero attached hydrogens (tertiary/aromatic N) is 1. The molecule has 4 nitrogen and oxygen atoms in total. The Morgan fingerprint density at radius 3 is 2.75 bits per heavy atom. The van der Waals surface area contributed by atoms with Crippen LogP contribution in [0, 0.1) is 0 Å². The molecule has 2 N–H and O–H groups in total. The van der Waals surface area contributed by atoms with Gasteiger partial charge in [-0.25, -0.2) is 0 Å². The molecule has 0 spiro atoms. The molecule has 88 valence electrons. The summed E-state index contributed by atoms with van der Waals surface area (Å²) in [6.07, 6.45) is 2.06. The van der Waals surface area contributed by atoms with Crippen molar-refractivity contribution in [3.63, 3.8) is 0 Å². The Bertz CT molecular complexity index is 375. The fourth-order valence-electron chi connectivity index (χ4n) is 1.30. The second kappa shape index (κ2) is 6.00. The first-order chi connectivity index (χ1) is 7.69. The molecule has 0 amide bonds. The van der Waals surface area contributed by atoms with Crippen molar-refractivity contribution in [1.29, 1.82) is 0 Å². The highest BCUT2D eigenvalue weighted by Gasteiger charge is 2.06. The summed E-state index contributed by atoms with van der Waals surface area (Å²) in [5.74, 6) is 0.685. The molecule has 1 aromatic carbocycles. The minimum Gasteiger partial charge on any atom is -0.507 e. The van der Waals surface area contributed by atoms with Gasteiger partial charge in [-0.1, -0.05) is 18.5 Å². The van der Waals surface area contributed by atoms with Crippen LogP contribution in [0.15, 0.2) is 23.4 Å². The van der Waals surface area contributed by atoms with Gasteiger partial charge in [0, 0.05) is 11.6 Å². The highest BCUT2D eigenvalue weighted by molar-refractivity contribution is 6.00. The molecule has 0 unspecified atom stereocenters. The van der Waals surface area contributed by atoms with Gasteiger partial charge in [-0.05, 0) is 25.5 Å². The van der Waals surface area contributed by atoms with Crippen molar-refractivity contribution in [1.82, 2.24) is 0 Å². The lowest BCUT2D eigenvalue weighted by Crippen LogP contribution is -1.99. The smallest absolute Gasteiger partial charge is 0.128 e. The van der Waals surface area contributed by atoms with E-state index in [1.54, 1.807) is 19.1 Å². The lowest BCUT2D eigenvalue weighted by molar-refractivity contribution is 0.307. The largest absolute Gasteiger partial charge is 0.507 e. The first-order valence-corrected chi connectivity index (χ1v) is 5.34. The summed E-state index contributed by atoms with van der Waals surface area (Å²) in [6.45, 7) is 4.35. The molecule has 0 aliphatic rings. The molecule has 0 fully saturated rings. The molecule has 0 aromatic heterocycles. The van der Waals surface area contributed by atoms with Crippen molar-refractivity contribution < 1.29 is 15.1 Å². The maximum atomic E-state index is 9.68. The molecule has 0 saturated carbocycles. The molecule has 1 aromatic rings. The Morgan fingerprint density at radius 1 is 1.44 bits per heavy atom. The van der Waals surface area contributed by atoms with Gasteiger partial charge in [0.15, 0.2) is 0 Å². The summed E-state index contributed by atoms with van der Waals surface area (Å²) in [6, 6.07) is 4.95. The third kappa shape index (κ3) is 3.15. The molecule has 4 heteroatoms. The van der Waals surface area contributed by atoms with E-state index in [9.17, 15) is 5.11 Å². The second-order valence-corrected chi connectivity index (χ2v) is 3.57. The third-order valence-corrected chi connectivity index (χ3v) is 2.28. The van der Waals surface area contributed by atoms with Gasteiger partial charge >= 0.3 is 0 Å². The number of ether oxygens (including phenoxy) is 1. The van der Waals surface area contributed by atoms with Gasteiger partial charge in [-0.15, -0.1) is 0 Å². The highest BCUT2D eigenvalue weighted by Crippen LogP contribution is 2.24. The number of oxime groups is 1. The summed E-state index contributed by atoms with van der Waals surface area (Å²) in [5, 5.41) is 21.3. The Kier molecular flexibility index (Phi) is 4.64. The highest BCUT2D eigenvalue weighted by atomic mass is 16.5. The van der Waals surface area contributed by atoms with E-state index in [1.165, 1.54) is 6.07 Å². The molecule has 16 heavy (non-hydrogen) atoms. The van der Waals surface area contributed by atoms with Gasteiger partial charge in [0.25, 0.3) is 0 Å². The molecule has 0 aliphatic carbocycles. The lowest BCUT2D eigenvalue weighted by atomic mass is 10.1. The number of aromatic hydroxyl groups is 1. The quantitative estimate of drug-likeness (QED) is 0.349. The molecule has 0 bridgehead atoms. The van der Waals surface area contributed by atoms with Crippen LogP contribution in [0.1, 0.15) is 32.3 Å². The van der Waals surface area contributed by atoms with E-state index in [2.05, 4.69) is 12.1 Å². The van der Waals surface area contributed by atoms with Crippen LogP contribution >= 0.6 is 0 Å². The van der Waals surface area contributed by atoms with Crippen LogP contribution in [-0.2, 0) is 0 Å². The van der Waals surface area contributed by atoms with E-state index in [-0.39, 0.29) is 5.75 Å². The minimum atomic E-state index is 0.0595. The maximum Gasteiger partial charge on any atom is 0.128 e. The van der Waals surface area contributed by atoms with Crippen LogP contribution in [0.2, 0.25) is 0 Å². The standard InChI is InChI=1S/C12H17NO3/c1-3-4-7-16-10-5-6-11(9(2)13-15)12(14)8-10/h5-6,8,14-15H,3-4,7H2,1-2H3/b13-9-. The van der Waals surface area contributed by atoms with Crippen LogP contribution in [0.4, 0.5) is 0 Å². The van der Waals surface area contributed by atoms with E-state index < -0.39 is 0 Å². The van der Waals surface area contributed by atoms with Crippen LogP contribution in [-0.4, -0.2) is 22.6 Å². The predicted octanol–water partition coefficient (Wildman–Crippen LogP) is 2.77. The Hall–Kier alpha value is -1.71. The monoisotopic (exact) mass is 223 g/mol. The Labute approximate surface area is 95.2 Å². The Balaban J connectivity index is 2.75. The van der Waals surface area contributed by atoms with Gasteiger partial charge in [0.1, 0.15) is 11.5 Å². The van der Waals surface area contributed by atoms with Crippen LogP contribution in [0.25, 0.3) is 0 Å². The zero-order valence-electron chi connectivity index (χ0n) is 9.60. The molecule has 0 radical (unpaired) electrons. The molecule has 0 saturated heterocycles. The van der Waals surface area contributed by atoms with Crippen molar-refractivity contribution in [2.75, 3.05) is 6.61 Å². The topological polar surface area (TPSA) is 62.0 Å². The molecular weight excluding hydrogens is 206 g/mol. The molecular formula is C12H17NO3. The zero-order valence-corrected chi connectivity index (χ0v) is 9.60. The Morgan fingerprint density at radius 2 is 2.19 bits per heavy atom. The van der Waals surface area contributed by atoms with Gasteiger partial charge in [-0.3, -0.25) is 0 Å². The van der Waals surface area contributed by atoms with Gasteiger partial charge in [0.05, 0.1) is 12.3 Å². The maximum absolute atomic E-state index is 9.68. The van der Waals surface area contributed by atoms with Crippen LogP contribution < -0.4 is 4.74 Å². The normalized spacial score (nSPS) is 11.5. The average molecular weight is 223 g/mol. The van der Waals surface area contributed by atoms with Crippen molar-refractivity contribution >= 4 is 5.71 Å². The summed E-state index contributed by atoms with van der Waals surface area (Å²) in [4.78, 5) is 0. The predicted molar refractivity (Wildman–Crippen MR) is 62.5 cm³/mol. The first-order valence-electron chi connectivity index (χ1n) is 5.34. The average Bonchev–Trinajstić information content (AvgIpc) is 2.29. The van der Waals surface area contributed by atoms with Crippen LogP contribution in [0.5, 0.6) is 11.5 Å². The van der Waals surface area contributed by atoms with Crippen molar-refractivity contribution in [2.24, 2.45) is 5.16 Å². The van der Waals surface area contributed by atoms with Crippen molar-refractivity contribution in [3.8, 4) is 11.5 Å². The third-order valence-electron chi connectivity index (χ3n) is 2.28. The zero-order chi connectivity index (χ0) is 12.0. The summed E-state index contributed by atoms with van der Waals surface area (Å²) < 4.78 is 5.43. The number of rotatable bonds is 5. The number of benzene rings is 1. The van der Waals surface area contributed by atoms with E-state index in [0.717, 1.165) is 12.8 Å². The van der Waals surface area contributed by atoms with Crippen LogP contribution in [0.3, 0.4) is 0 Å². The fourth-order valence-corrected chi connectivity index (χ4v) is 1.30. The number of hydrogen-bond acceptors (Lipinski definition) is 4. The first kappa shape index (κ1) is 12.4. The number of unbranched alkanes of at least 4 members (excludes halogenated alkanes) is 1. The van der Waals surface area contributed by atoms with Gasteiger partial charge in [0.2, 0.25) is 0 Å². The SMILES string of the molecule is CCCCOc1ccc(/C(C)=N\O)c(O)c1. The van der Waals surface area contributed by atoms with E-state index in [4.69, 9.17) is 9.94 Å². The lowest BCUT2D eigenvalue weighted by Gasteiger charge is -2.08. The minimum absolute atomic E-state index is 0.0595. The fraction of sp³-hybridized carbons (Fsp3) is 0.417. The van der Waals surface area contributed by atoms with E-state index >= 15 is 0 Å². The summed E-state index contributed by atoms with van der Waals surface area (Å²) in [7, 11) is 0. The van der Waals surface area contributed by atoms with E-state index in [1.807, 2.05) is 0 Å². The van der Waals surface area contributed by atoms with Crippen molar-refractivity contribution in [2.45, 2.75) is 26.7 Å². The summed E-state index contributed by atoms with van der Waals surface area (Å²) >= 11 is 0. The van der Waals surface area contributed by atoms with E-state index in [0.29, 0.717) is 23.6 Å². The molecule has 1 rings (SSSR count). The van der Waals surface area contributed by atoms with Crippen molar-refractivity contribution in [3.05, 3.63) is 23.8 Å². The number of hydrogen-bond donors (Lipinski definition) is 2. The molecule has 0 heterocycles.